The smallest absolute Gasteiger partial charge is 0.337 e. The molecule has 0 unspecified atom stereocenters. The van der Waals surface area contributed by atoms with Crippen LogP contribution in [0.15, 0.2) is 29.2 Å². The minimum Gasteiger partial charge on any atom is -0.465 e. The molecule has 2 fully saturated rings. The van der Waals surface area contributed by atoms with Crippen LogP contribution in [-0.2, 0) is 14.3 Å². The number of piperazine rings is 1. The molecule has 0 saturated carbocycles. The van der Waals surface area contributed by atoms with Crippen molar-refractivity contribution < 1.29 is 19.1 Å². The summed E-state index contributed by atoms with van der Waals surface area (Å²) in [5.41, 5.74) is 1.25. The summed E-state index contributed by atoms with van der Waals surface area (Å²) in [6.45, 7) is 3.74. The molecule has 7 nitrogen and oxygen atoms in total. The molecule has 0 N–H and O–H groups in total. The summed E-state index contributed by atoms with van der Waals surface area (Å²) in [4.78, 5) is 42.8. The molecular formula is C21H25N3O4S2. The zero-order valence-corrected chi connectivity index (χ0v) is 18.8. The highest BCUT2D eigenvalue weighted by molar-refractivity contribution is 8.26. The number of esters is 1. The molecule has 0 radical (unpaired) electrons. The van der Waals surface area contributed by atoms with Crippen LogP contribution in [0.2, 0.25) is 0 Å². The second-order valence-corrected chi connectivity index (χ2v) is 8.91. The van der Waals surface area contributed by atoms with Crippen LogP contribution in [0.3, 0.4) is 0 Å². The Morgan fingerprint density at radius 2 is 1.83 bits per heavy atom. The van der Waals surface area contributed by atoms with Crippen LogP contribution in [0.4, 0.5) is 0 Å². The van der Waals surface area contributed by atoms with Gasteiger partial charge in [-0.25, -0.2) is 4.79 Å². The number of rotatable bonds is 6. The number of likely N-dealkylation sites (N-methyl/N-ethyl adjacent to an activating group) is 1. The van der Waals surface area contributed by atoms with Gasteiger partial charge in [0.1, 0.15) is 4.32 Å². The maximum atomic E-state index is 12.7. The Labute approximate surface area is 186 Å². The van der Waals surface area contributed by atoms with E-state index in [0.29, 0.717) is 34.2 Å². The molecule has 0 atom stereocenters. The van der Waals surface area contributed by atoms with E-state index in [1.165, 1.54) is 18.9 Å². The Morgan fingerprint density at radius 1 is 1.17 bits per heavy atom. The van der Waals surface area contributed by atoms with Gasteiger partial charge in [0.25, 0.3) is 5.91 Å². The molecule has 2 heterocycles. The Balaban J connectivity index is 1.53. The lowest BCUT2D eigenvalue weighted by atomic mass is 10.1. The van der Waals surface area contributed by atoms with E-state index >= 15 is 0 Å². The zero-order chi connectivity index (χ0) is 21.7. The van der Waals surface area contributed by atoms with E-state index in [4.69, 9.17) is 12.2 Å². The van der Waals surface area contributed by atoms with Crippen LogP contribution in [0, 0.1) is 0 Å². The molecule has 2 saturated heterocycles. The van der Waals surface area contributed by atoms with E-state index in [-0.39, 0.29) is 11.8 Å². The molecule has 3 rings (SSSR count). The number of carbonyl (C=O) groups excluding carboxylic acids is 3. The predicted octanol–water partition coefficient (Wildman–Crippen LogP) is 2.23. The molecule has 0 aliphatic carbocycles. The number of nitrogens with zero attached hydrogens (tertiary/aromatic N) is 3. The number of amides is 2. The second kappa shape index (κ2) is 10.2. The van der Waals surface area contributed by atoms with Gasteiger partial charge in [0.2, 0.25) is 5.91 Å². The Bertz CT molecular complexity index is 862. The number of ether oxygens (including phenoxy) is 1. The van der Waals surface area contributed by atoms with Crippen molar-refractivity contribution in [2.75, 3.05) is 46.9 Å². The summed E-state index contributed by atoms with van der Waals surface area (Å²) < 4.78 is 5.19. The molecule has 9 heteroatoms. The fourth-order valence-corrected chi connectivity index (χ4v) is 4.59. The van der Waals surface area contributed by atoms with E-state index < -0.39 is 5.97 Å². The number of hydrogen-bond donors (Lipinski definition) is 0. The summed E-state index contributed by atoms with van der Waals surface area (Å²) in [5, 5.41) is 0. The van der Waals surface area contributed by atoms with E-state index in [1.807, 2.05) is 4.90 Å². The molecule has 0 bridgehead atoms. The number of carbonyl (C=O) groups is 3. The number of benzene rings is 1. The van der Waals surface area contributed by atoms with Crippen molar-refractivity contribution in [1.82, 2.24) is 14.7 Å². The van der Waals surface area contributed by atoms with Gasteiger partial charge in [-0.2, -0.15) is 0 Å². The third-order valence-corrected chi connectivity index (χ3v) is 6.51. The summed E-state index contributed by atoms with van der Waals surface area (Å²) in [7, 11) is 3.39. The average Bonchev–Trinajstić information content (AvgIpc) is 3.01. The van der Waals surface area contributed by atoms with Gasteiger partial charge in [-0.3, -0.25) is 14.5 Å². The first kappa shape index (κ1) is 22.5. The largest absolute Gasteiger partial charge is 0.465 e. The lowest BCUT2D eigenvalue weighted by Crippen LogP contribution is -2.47. The van der Waals surface area contributed by atoms with E-state index in [1.54, 1.807) is 35.2 Å². The molecule has 2 aliphatic rings. The average molecular weight is 448 g/mol. The molecule has 30 heavy (non-hydrogen) atoms. The maximum absolute atomic E-state index is 12.7. The highest BCUT2D eigenvalue weighted by atomic mass is 32.2. The normalized spacial score (nSPS) is 18.9. The van der Waals surface area contributed by atoms with Gasteiger partial charge in [-0.1, -0.05) is 36.1 Å². The minimum atomic E-state index is -0.404. The topological polar surface area (TPSA) is 70.2 Å². The van der Waals surface area contributed by atoms with Crippen molar-refractivity contribution in [1.29, 1.82) is 0 Å². The highest BCUT2D eigenvalue weighted by Crippen LogP contribution is 2.32. The lowest BCUT2D eigenvalue weighted by Gasteiger charge is -2.32. The third-order valence-electron chi connectivity index (χ3n) is 5.13. The van der Waals surface area contributed by atoms with Gasteiger partial charge in [-0.15, -0.1) is 0 Å². The molecule has 1 aromatic carbocycles. The van der Waals surface area contributed by atoms with Crippen molar-refractivity contribution in [2.45, 2.75) is 12.8 Å². The van der Waals surface area contributed by atoms with Crippen LogP contribution in [0.25, 0.3) is 6.08 Å². The zero-order valence-electron chi connectivity index (χ0n) is 17.1. The van der Waals surface area contributed by atoms with Gasteiger partial charge in [0.15, 0.2) is 0 Å². The number of thiocarbonyl (C=S) groups is 1. The SMILES string of the molecule is COC(=O)c1ccc(C=C2SC(=S)N(CCCC(=O)N3CCN(C)CC3)C2=O)cc1. The van der Waals surface area contributed by atoms with Crippen LogP contribution in [0.1, 0.15) is 28.8 Å². The van der Waals surface area contributed by atoms with Crippen molar-refractivity contribution in [3.05, 3.63) is 40.3 Å². The summed E-state index contributed by atoms with van der Waals surface area (Å²) in [6, 6.07) is 6.83. The molecule has 1 aromatic rings. The molecule has 0 spiro atoms. The van der Waals surface area contributed by atoms with E-state index in [0.717, 1.165) is 31.7 Å². The van der Waals surface area contributed by atoms with Crippen molar-refractivity contribution in [3.8, 4) is 0 Å². The standard InChI is InChI=1S/C21H25N3O4S2/c1-22-10-12-23(13-11-22)18(25)4-3-9-24-19(26)17(30-21(24)29)14-15-5-7-16(8-6-15)20(27)28-2/h5-8,14H,3-4,9-13H2,1-2H3. The van der Waals surface area contributed by atoms with Crippen LogP contribution < -0.4 is 0 Å². The lowest BCUT2D eigenvalue weighted by molar-refractivity contribution is -0.133. The molecule has 0 aromatic heterocycles. The van der Waals surface area contributed by atoms with Crippen molar-refractivity contribution in [3.63, 3.8) is 0 Å². The maximum Gasteiger partial charge on any atom is 0.337 e. The van der Waals surface area contributed by atoms with Gasteiger partial charge in [0.05, 0.1) is 17.6 Å². The van der Waals surface area contributed by atoms with Crippen molar-refractivity contribution in [2.24, 2.45) is 0 Å². The quantitative estimate of drug-likeness (QED) is 0.376. The van der Waals surface area contributed by atoms with Crippen LogP contribution in [-0.4, -0.2) is 83.7 Å². The van der Waals surface area contributed by atoms with Crippen LogP contribution in [0.5, 0.6) is 0 Å². The van der Waals surface area contributed by atoms with Crippen LogP contribution >= 0.6 is 24.0 Å². The summed E-state index contributed by atoms with van der Waals surface area (Å²) in [6.07, 6.45) is 2.75. The first-order valence-electron chi connectivity index (χ1n) is 9.79. The summed E-state index contributed by atoms with van der Waals surface area (Å²) >= 11 is 6.62. The van der Waals surface area contributed by atoms with Gasteiger partial charge >= 0.3 is 5.97 Å². The predicted molar refractivity (Wildman–Crippen MR) is 121 cm³/mol. The van der Waals surface area contributed by atoms with E-state index in [2.05, 4.69) is 16.7 Å². The van der Waals surface area contributed by atoms with Gasteiger partial charge in [0, 0.05) is 39.1 Å². The first-order chi connectivity index (χ1) is 14.4. The highest BCUT2D eigenvalue weighted by Gasteiger charge is 2.31. The Morgan fingerprint density at radius 3 is 2.47 bits per heavy atom. The first-order valence-corrected chi connectivity index (χ1v) is 11.0. The molecule has 2 amide bonds. The molecule has 160 valence electrons. The molecular weight excluding hydrogens is 422 g/mol. The minimum absolute atomic E-state index is 0.134. The summed E-state index contributed by atoms with van der Waals surface area (Å²) in [5.74, 6) is -0.414. The Kier molecular flexibility index (Phi) is 7.63. The number of thioether (sulfide) groups is 1. The Hall–Kier alpha value is -2.23. The van der Waals surface area contributed by atoms with Crippen molar-refractivity contribution >= 4 is 52.2 Å². The number of hydrogen-bond acceptors (Lipinski definition) is 7. The second-order valence-electron chi connectivity index (χ2n) is 7.23. The fourth-order valence-electron chi connectivity index (χ4n) is 3.28. The monoisotopic (exact) mass is 447 g/mol. The van der Waals surface area contributed by atoms with Gasteiger partial charge < -0.3 is 14.5 Å². The fraction of sp³-hybridized carbons (Fsp3) is 0.429. The molecule has 2 aliphatic heterocycles. The third kappa shape index (κ3) is 5.47. The van der Waals surface area contributed by atoms with E-state index in [9.17, 15) is 14.4 Å². The van der Waals surface area contributed by atoms with Gasteiger partial charge in [-0.05, 0) is 37.2 Å². The number of methoxy groups -OCH3 is 1.